The molecule has 10 nitrogen and oxygen atoms in total. The second-order valence-corrected chi connectivity index (χ2v) is 11.9. The molecular formula is C33H38N4O6S. The van der Waals surface area contributed by atoms with Gasteiger partial charge in [-0.2, -0.15) is 0 Å². The number of esters is 1. The van der Waals surface area contributed by atoms with E-state index >= 15 is 0 Å². The van der Waals surface area contributed by atoms with Gasteiger partial charge in [-0.15, -0.1) is 11.3 Å². The minimum absolute atomic E-state index is 0.174. The zero-order chi connectivity index (χ0) is 31.5. The van der Waals surface area contributed by atoms with Crippen LogP contribution in [0, 0.1) is 6.92 Å². The summed E-state index contributed by atoms with van der Waals surface area (Å²) in [7, 11) is 0. The van der Waals surface area contributed by atoms with E-state index in [4.69, 9.17) is 14.2 Å². The van der Waals surface area contributed by atoms with Crippen LogP contribution in [0.25, 0.3) is 10.1 Å². The highest BCUT2D eigenvalue weighted by Gasteiger charge is 2.18. The molecule has 0 saturated carbocycles. The van der Waals surface area contributed by atoms with Gasteiger partial charge < -0.3 is 30.2 Å². The summed E-state index contributed by atoms with van der Waals surface area (Å²) in [5, 5.41) is 11.7. The number of nitrogens with zero attached hydrogens (tertiary/aromatic N) is 1. The summed E-state index contributed by atoms with van der Waals surface area (Å²) in [5.74, 6) is -0.541. The van der Waals surface area contributed by atoms with E-state index in [-0.39, 0.29) is 49.5 Å². The molecule has 0 aliphatic carbocycles. The Morgan fingerprint density at radius 2 is 1.61 bits per heavy atom. The molecule has 4 aromatic rings. The van der Waals surface area contributed by atoms with Crippen LogP contribution in [0.3, 0.4) is 0 Å². The summed E-state index contributed by atoms with van der Waals surface area (Å²) in [4.78, 5) is 42.5. The van der Waals surface area contributed by atoms with E-state index in [1.807, 2.05) is 81.6 Å². The number of carbonyl (C=O) groups is 3. The molecule has 2 amide bonds. The number of carbonyl (C=O) groups excluding carboxylic acids is 3. The van der Waals surface area contributed by atoms with Crippen molar-refractivity contribution in [1.29, 1.82) is 0 Å². The van der Waals surface area contributed by atoms with E-state index < -0.39 is 5.60 Å². The summed E-state index contributed by atoms with van der Waals surface area (Å²) in [6.07, 6.45) is 1.64. The first-order valence-electron chi connectivity index (χ1n) is 14.4. The molecule has 0 atom stereocenters. The lowest BCUT2D eigenvalue weighted by atomic mass is 10.1. The first-order chi connectivity index (χ1) is 21.1. The van der Waals surface area contributed by atoms with E-state index in [1.165, 1.54) is 17.5 Å². The SMILES string of the molecule is Cc1ccccc1Nc1ncc(C(=O)NCCOCCOCCC(=O)OC(C)(C)C)cc1NC(=O)c1csc2ccccc12. The molecule has 0 aliphatic heterocycles. The highest BCUT2D eigenvalue weighted by atomic mass is 32.1. The predicted octanol–water partition coefficient (Wildman–Crippen LogP) is 6.10. The Labute approximate surface area is 261 Å². The maximum Gasteiger partial charge on any atom is 0.308 e. The molecule has 0 aliphatic rings. The number of hydrogen-bond acceptors (Lipinski definition) is 9. The molecule has 0 spiro atoms. The molecule has 232 valence electrons. The standard InChI is InChI=1S/C33H38N4O6S/c1-22-9-5-7-11-26(22)36-30-27(37-32(40)25-21-44-28-12-8-6-10-24(25)28)19-23(20-35-30)31(39)34-14-16-42-18-17-41-15-13-29(38)43-33(2,3)4/h5-12,19-21H,13-18H2,1-4H3,(H,34,39)(H,35,36)(H,37,40). The number of rotatable bonds is 14. The van der Waals surface area contributed by atoms with Gasteiger partial charge in [0.25, 0.3) is 11.8 Å². The number of benzene rings is 2. The molecule has 2 aromatic heterocycles. The number of fused-ring (bicyclic) bond motifs is 1. The van der Waals surface area contributed by atoms with Gasteiger partial charge in [0.1, 0.15) is 5.60 Å². The van der Waals surface area contributed by atoms with Crippen LogP contribution in [0.5, 0.6) is 0 Å². The molecule has 3 N–H and O–H groups in total. The minimum atomic E-state index is -0.518. The Hall–Kier alpha value is -4.32. The topological polar surface area (TPSA) is 128 Å². The largest absolute Gasteiger partial charge is 0.460 e. The van der Waals surface area contributed by atoms with E-state index in [1.54, 1.807) is 6.07 Å². The zero-order valence-corrected chi connectivity index (χ0v) is 26.2. The summed E-state index contributed by atoms with van der Waals surface area (Å²) in [6.45, 7) is 8.85. The van der Waals surface area contributed by atoms with Gasteiger partial charge in [-0.05, 0) is 51.5 Å². The number of para-hydroxylation sites is 1. The van der Waals surface area contributed by atoms with Crippen molar-refractivity contribution < 1.29 is 28.6 Å². The van der Waals surface area contributed by atoms with E-state index in [9.17, 15) is 14.4 Å². The van der Waals surface area contributed by atoms with Crippen molar-refractivity contribution >= 4 is 56.4 Å². The Morgan fingerprint density at radius 1 is 0.886 bits per heavy atom. The summed E-state index contributed by atoms with van der Waals surface area (Å²) in [5.41, 5.74) is 2.53. The first-order valence-corrected chi connectivity index (χ1v) is 15.2. The number of nitrogens with one attached hydrogen (secondary N) is 3. The number of aryl methyl sites for hydroxylation is 1. The third kappa shape index (κ3) is 9.60. The fraction of sp³-hybridized carbons (Fsp3) is 0.333. The van der Waals surface area contributed by atoms with Crippen molar-refractivity contribution in [3.8, 4) is 0 Å². The lowest BCUT2D eigenvalue weighted by Gasteiger charge is -2.19. The van der Waals surface area contributed by atoms with Crippen LogP contribution in [-0.2, 0) is 19.0 Å². The Morgan fingerprint density at radius 3 is 2.39 bits per heavy atom. The summed E-state index contributed by atoms with van der Waals surface area (Å²) in [6, 6.07) is 17.1. The van der Waals surface area contributed by atoms with Crippen molar-refractivity contribution in [2.75, 3.05) is 43.6 Å². The number of pyridine rings is 1. The molecule has 0 saturated heterocycles. The van der Waals surface area contributed by atoms with Gasteiger partial charge >= 0.3 is 5.97 Å². The van der Waals surface area contributed by atoms with Gasteiger partial charge in [0.2, 0.25) is 0 Å². The normalized spacial score (nSPS) is 11.3. The average molecular weight is 619 g/mol. The fourth-order valence-electron chi connectivity index (χ4n) is 4.18. The number of hydrogen-bond donors (Lipinski definition) is 3. The van der Waals surface area contributed by atoms with E-state index in [0.29, 0.717) is 30.3 Å². The second kappa shape index (κ2) is 15.4. The Bertz CT molecular complexity index is 1600. The van der Waals surface area contributed by atoms with Gasteiger partial charge in [-0.1, -0.05) is 36.4 Å². The van der Waals surface area contributed by atoms with Gasteiger partial charge in [0, 0.05) is 33.9 Å². The second-order valence-electron chi connectivity index (χ2n) is 11.0. The van der Waals surface area contributed by atoms with Crippen LogP contribution in [0.15, 0.2) is 66.2 Å². The summed E-state index contributed by atoms with van der Waals surface area (Å²) >= 11 is 1.50. The summed E-state index contributed by atoms with van der Waals surface area (Å²) < 4.78 is 17.2. The highest BCUT2D eigenvalue weighted by Crippen LogP contribution is 2.29. The maximum atomic E-state index is 13.4. The fourth-order valence-corrected chi connectivity index (χ4v) is 5.12. The van der Waals surface area contributed by atoms with Gasteiger partial charge in [0.15, 0.2) is 5.82 Å². The number of aromatic nitrogens is 1. The molecule has 0 radical (unpaired) electrons. The molecule has 2 heterocycles. The van der Waals surface area contributed by atoms with Crippen molar-refractivity contribution in [2.24, 2.45) is 0 Å². The molecule has 0 bridgehead atoms. The highest BCUT2D eigenvalue weighted by molar-refractivity contribution is 7.17. The van der Waals surface area contributed by atoms with Crippen molar-refractivity contribution in [2.45, 2.75) is 39.7 Å². The molecule has 0 unspecified atom stereocenters. The number of ether oxygens (including phenoxy) is 3. The van der Waals surface area contributed by atoms with Crippen molar-refractivity contribution in [3.63, 3.8) is 0 Å². The molecule has 44 heavy (non-hydrogen) atoms. The molecule has 2 aromatic carbocycles. The molecular weight excluding hydrogens is 580 g/mol. The molecule has 11 heteroatoms. The third-order valence-electron chi connectivity index (χ3n) is 6.30. The van der Waals surface area contributed by atoms with Crippen LogP contribution in [0.1, 0.15) is 53.5 Å². The Balaban J connectivity index is 1.32. The van der Waals surface area contributed by atoms with Crippen LogP contribution in [-0.4, -0.2) is 61.3 Å². The monoisotopic (exact) mass is 618 g/mol. The molecule has 0 fully saturated rings. The number of thiophene rings is 1. The van der Waals surface area contributed by atoms with E-state index in [2.05, 4.69) is 20.9 Å². The average Bonchev–Trinajstić information content (AvgIpc) is 3.42. The third-order valence-corrected chi connectivity index (χ3v) is 7.26. The quantitative estimate of drug-likeness (QED) is 0.114. The smallest absolute Gasteiger partial charge is 0.308 e. The lowest BCUT2D eigenvalue weighted by Crippen LogP contribution is -2.28. The van der Waals surface area contributed by atoms with Gasteiger partial charge in [0.05, 0.1) is 49.7 Å². The van der Waals surface area contributed by atoms with Crippen LogP contribution in [0.4, 0.5) is 17.2 Å². The van der Waals surface area contributed by atoms with Crippen LogP contribution in [0.2, 0.25) is 0 Å². The lowest BCUT2D eigenvalue weighted by molar-refractivity contribution is -0.156. The Kier molecular flexibility index (Phi) is 11.4. The van der Waals surface area contributed by atoms with Gasteiger partial charge in [-0.25, -0.2) is 4.98 Å². The zero-order valence-electron chi connectivity index (χ0n) is 25.4. The van der Waals surface area contributed by atoms with Crippen LogP contribution < -0.4 is 16.0 Å². The van der Waals surface area contributed by atoms with E-state index in [0.717, 1.165) is 21.3 Å². The minimum Gasteiger partial charge on any atom is -0.460 e. The number of amides is 2. The first kappa shape index (κ1) is 32.6. The van der Waals surface area contributed by atoms with Crippen molar-refractivity contribution in [3.05, 3.63) is 82.9 Å². The van der Waals surface area contributed by atoms with Crippen LogP contribution >= 0.6 is 11.3 Å². The predicted molar refractivity (Wildman–Crippen MR) is 173 cm³/mol. The number of anilines is 3. The maximum absolute atomic E-state index is 13.4. The van der Waals surface area contributed by atoms with Crippen molar-refractivity contribution in [1.82, 2.24) is 10.3 Å². The van der Waals surface area contributed by atoms with Gasteiger partial charge in [-0.3, -0.25) is 14.4 Å². The molecule has 4 rings (SSSR count).